The van der Waals surface area contributed by atoms with Crippen molar-refractivity contribution < 1.29 is 46.7 Å². The molecule has 0 spiro atoms. The Kier molecular flexibility index (Phi) is 14.7. The smallest absolute Gasteiger partial charge is 0.416 e. The van der Waals surface area contributed by atoms with Crippen molar-refractivity contribution in [1.29, 1.82) is 0 Å². The number of carbonyl (C=O) groups is 6. The van der Waals surface area contributed by atoms with Gasteiger partial charge < -0.3 is 26.4 Å². The third kappa shape index (κ3) is 12.6. The van der Waals surface area contributed by atoms with Crippen molar-refractivity contribution in [1.82, 2.24) is 26.4 Å². The Bertz CT molecular complexity index is 1880. The summed E-state index contributed by atoms with van der Waals surface area (Å²) in [5.74, 6) is -5.77. The summed E-state index contributed by atoms with van der Waals surface area (Å²) in [5.41, 5.74) is 6.34. The zero-order chi connectivity index (χ0) is 40.2. The molecule has 3 rings (SSSR count). The van der Waals surface area contributed by atoms with Crippen LogP contribution in [0.15, 0.2) is 84.9 Å². The van der Waals surface area contributed by atoms with E-state index in [1.54, 1.807) is 51.1 Å². The van der Waals surface area contributed by atoms with E-state index in [1.807, 2.05) is 0 Å². The van der Waals surface area contributed by atoms with Gasteiger partial charge in [0.15, 0.2) is 0 Å². The first-order valence-electron chi connectivity index (χ1n) is 16.4. The zero-order valence-electron chi connectivity index (χ0n) is 29.8. The lowest BCUT2D eigenvalue weighted by Crippen LogP contribution is -2.57. The number of nitrogens with one attached hydrogen (secondary N) is 4. The number of anilines is 1. The number of hydrogen-bond acceptors (Lipinski definition) is 8. The van der Waals surface area contributed by atoms with Gasteiger partial charge in [-0.2, -0.15) is 13.2 Å². The maximum absolute atomic E-state index is 13.9. The molecule has 2 atom stereocenters. The topological polar surface area (TPSA) is 189 Å². The molecule has 0 aliphatic carbocycles. The summed E-state index contributed by atoms with van der Waals surface area (Å²) in [4.78, 5) is 79.1. The molecule has 0 saturated carbocycles. The molecule has 0 aromatic heterocycles. The van der Waals surface area contributed by atoms with E-state index >= 15 is 0 Å². The molecule has 1 unspecified atom stereocenters. The number of halogens is 4. The Morgan fingerprint density at radius 1 is 0.889 bits per heavy atom. The molecule has 6 N–H and O–H groups in total. The van der Waals surface area contributed by atoms with Crippen LogP contribution in [0.4, 0.5) is 18.9 Å². The summed E-state index contributed by atoms with van der Waals surface area (Å²) >= 11 is 6.06. The average Bonchev–Trinajstić information content (AvgIpc) is 3.11. The van der Waals surface area contributed by atoms with E-state index in [4.69, 9.17) is 22.1 Å². The van der Waals surface area contributed by atoms with Crippen molar-refractivity contribution in [2.75, 3.05) is 18.9 Å². The highest BCUT2D eigenvalue weighted by Crippen LogP contribution is 2.31. The third-order valence-electron chi connectivity index (χ3n) is 7.55. The number of hydrazine groups is 1. The van der Waals surface area contributed by atoms with Gasteiger partial charge in [-0.05, 0) is 53.8 Å². The molecule has 0 aliphatic rings. The fourth-order valence-electron chi connectivity index (χ4n) is 4.77. The molecule has 0 radical (unpaired) electrons. The highest BCUT2D eigenvalue weighted by Gasteiger charge is 2.37. The molecule has 0 saturated heterocycles. The minimum atomic E-state index is -4.85. The number of rotatable bonds is 13. The number of carbonyl (C=O) groups excluding carboxylic acids is 6. The highest BCUT2D eigenvalue weighted by atomic mass is 35.5. The molecule has 54 heavy (non-hydrogen) atoms. The van der Waals surface area contributed by atoms with Gasteiger partial charge in [0, 0.05) is 24.3 Å². The van der Waals surface area contributed by atoms with Crippen LogP contribution in [0.3, 0.4) is 0 Å². The molecule has 17 heteroatoms. The normalized spacial score (nSPS) is 12.6. The predicted octanol–water partition coefficient (Wildman–Crippen LogP) is 4.24. The molecule has 0 bridgehead atoms. The maximum Gasteiger partial charge on any atom is 0.416 e. The fourth-order valence-corrected chi connectivity index (χ4v) is 4.95. The van der Waals surface area contributed by atoms with Gasteiger partial charge in [0.1, 0.15) is 18.6 Å². The number of nitrogens with two attached hydrogens (primary N) is 1. The van der Waals surface area contributed by atoms with Crippen LogP contribution >= 0.6 is 11.6 Å². The second-order valence-electron chi connectivity index (χ2n) is 12.8. The van der Waals surface area contributed by atoms with Crippen molar-refractivity contribution in [3.63, 3.8) is 0 Å². The van der Waals surface area contributed by atoms with E-state index in [-0.39, 0.29) is 35.0 Å². The Balaban J connectivity index is 1.95. The SMILES string of the molecule is CCOC(=O)CN(NC(=O)C(NC(=O)[C@@H](NC(=O)c1ccc(N)c(Cl)c1)C(C)(C)C)c1cccc(C(F)(F)F)c1)C(=O)/C=C/C(=O)NCc1ccccc1. The lowest BCUT2D eigenvalue weighted by Gasteiger charge is -2.32. The summed E-state index contributed by atoms with van der Waals surface area (Å²) < 4.78 is 46.2. The van der Waals surface area contributed by atoms with Crippen molar-refractivity contribution in [2.24, 2.45) is 5.41 Å². The van der Waals surface area contributed by atoms with Gasteiger partial charge in [0.2, 0.25) is 11.8 Å². The van der Waals surface area contributed by atoms with Crippen LogP contribution in [0.2, 0.25) is 5.02 Å². The molecule has 3 aromatic rings. The van der Waals surface area contributed by atoms with Gasteiger partial charge in [-0.15, -0.1) is 0 Å². The summed E-state index contributed by atoms with van der Waals surface area (Å²) in [7, 11) is 0. The number of ether oxygens (including phenoxy) is 1. The number of hydrogen-bond donors (Lipinski definition) is 5. The van der Waals surface area contributed by atoms with Gasteiger partial charge in [0.25, 0.3) is 17.7 Å². The lowest BCUT2D eigenvalue weighted by atomic mass is 9.85. The van der Waals surface area contributed by atoms with Crippen LogP contribution < -0.4 is 27.1 Å². The Labute approximate surface area is 314 Å². The second kappa shape index (κ2) is 18.7. The number of alkyl halides is 3. The molecule has 5 amide bonds. The van der Waals surface area contributed by atoms with Crippen LogP contribution in [0.1, 0.15) is 60.8 Å². The van der Waals surface area contributed by atoms with E-state index < -0.39 is 71.3 Å². The van der Waals surface area contributed by atoms with E-state index in [9.17, 15) is 41.9 Å². The van der Waals surface area contributed by atoms with E-state index in [0.717, 1.165) is 35.9 Å². The maximum atomic E-state index is 13.9. The number of benzene rings is 3. The van der Waals surface area contributed by atoms with Gasteiger partial charge in [-0.3, -0.25) is 34.2 Å². The quantitative estimate of drug-likeness (QED) is 0.0739. The van der Waals surface area contributed by atoms with Gasteiger partial charge in [-0.25, -0.2) is 5.01 Å². The van der Waals surface area contributed by atoms with Gasteiger partial charge in [-0.1, -0.05) is 74.8 Å². The van der Waals surface area contributed by atoms with Crippen LogP contribution in [0, 0.1) is 5.41 Å². The molecule has 3 aromatic carbocycles. The molecule has 0 aliphatic heterocycles. The minimum absolute atomic E-state index is 0.0401. The second-order valence-corrected chi connectivity index (χ2v) is 13.2. The predicted molar refractivity (Wildman–Crippen MR) is 193 cm³/mol. The van der Waals surface area contributed by atoms with Crippen molar-refractivity contribution in [3.8, 4) is 0 Å². The fraction of sp³-hybridized carbons (Fsp3) is 0.297. The Hall–Kier alpha value is -5.90. The number of amides is 5. The molecular weight excluding hydrogens is 733 g/mol. The van der Waals surface area contributed by atoms with Crippen LogP contribution in [-0.2, 0) is 41.4 Å². The first kappa shape index (κ1) is 42.5. The number of esters is 1. The first-order chi connectivity index (χ1) is 25.3. The standard InChI is InChI=1S/C37H40ClF3N6O7/c1-5-54-30(50)21-47(29(49)17-16-28(48)43-20-22-10-7-6-8-11-22)46-34(52)31(23-12-9-13-25(18-23)37(39,40)41)44-35(53)32(36(2,3)4)45-33(51)24-14-15-27(42)26(38)19-24/h6-19,31-32H,5,20-21,42H2,1-4H3,(H,43,48)(H,44,53)(H,45,51)(H,46,52)/b17-16+/t31?,32-/m1/s1. The van der Waals surface area contributed by atoms with Gasteiger partial charge >= 0.3 is 12.1 Å². The minimum Gasteiger partial charge on any atom is -0.465 e. The largest absolute Gasteiger partial charge is 0.465 e. The number of nitrogens with zero attached hydrogens (tertiary/aromatic N) is 1. The summed E-state index contributed by atoms with van der Waals surface area (Å²) in [6, 6.07) is 13.1. The molecule has 0 fully saturated rings. The van der Waals surface area contributed by atoms with Crippen LogP contribution in [-0.4, -0.2) is 59.7 Å². The summed E-state index contributed by atoms with van der Waals surface area (Å²) in [5, 5.41) is 8.07. The van der Waals surface area contributed by atoms with Crippen LogP contribution in [0.25, 0.3) is 0 Å². The molecule has 13 nitrogen and oxygen atoms in total. The Morgan fingerprint density at radius 2 is 1.57 bits per heavy atom. The third-order valence-corrected chi connectivity index (χ3v) is 7.88. The molecule has 288 valence electrons. The highest BCUT2D eigenvalue weighted by molar-refractivity contribution is 6.33. The van der Waals surface area contributed by atoms with Crippen molar-refractivity contribution >= 4 is 52.8 Å². The monoisotopic (exact) mass is 772 g/mol. The zero-order valence-corrected chi connectivity index (χ0v) is 30.5. The lowest BCUT2D eigenvalue weighted by molar-refractivity contribution is -0.152. The molecular formula is C37H40ClF3N6O7. The van der Waals surface area contributed by atoms with E-state index in [1.165, 1.54) is 25.1 Å². The molecule has 0 heterocycles. The number of nitrogen functional groups attached to an aromatic ring is 1. The Morgan fingerprint density at radius 3 is 2.19 bits per heavy atom. The summed E-state index contributed by atoms with van der Waals surface area (Å²) in [6.45, 7) is 5.41. The van der Waals surface area contributed by atoms with E-state index in [0.29, 0.717) is 11.1 Å². The van der Waals surface area contributed by atoms with Gasteiger partial charge in [0.05, 0.1) is 22.9 Å². The summed E-state index contributed by atoms with van der Waals surface area (Å²) in [6.07, 6.45) is -3.24. The van der Waals surface area contributed by atoms with Crippen molar-refractivity contribution in [2.45, 2.75) is 52.5 Å². The van der Waals surface area contributed by atoms with E-state index in [2.05, 4.69) is 21.4 Å². The van der Waals surface area contributed by atoms with Crippen LogP contribution in [0.5, 0.6) is 0 Å². The average molecular weight is 773 g/mol. The van der Waals surface area contributed by atoms with Crippen molar-refractivity contribution in [3.05, 3.63) is 112 Å². The first-order valence-corrected chi connectivity index (χ1v) is 16.8.